The van der Waals surface area contributed by atoms with Gasteiger partial charge in [0.2, 0.25) is 5.91 Å². The fourth-order valence-electron chi connectivity index (χ4n) is 3.22. The lowest BCUT2D eigenvalue weighted by Crippen LogP contribution is -2.49. The van der Waals surface area contributed by atoms with Crippen LogP contribution in [0.3, 0.4) is 0 Å². The van der Waals surface area contributed by atoms with E-state index in [9.17, 15) is 9.59 Å². The van der Waals surface area contributed by atoms with E-state index in [1.807, 2.05) is 38.1 Å². The molecule has 3 N–H and O–H groups in total. The summed E-state index contributed by atoms with van der Waals surface area (Å²) >= 11 is 0. The summed E-state index contributed by atoms with van der Waals surface area (Å²) in [6, 6.07) is 7.78. The summed E-state index contributed by atoms with van der Waals surface area (Å²) < 4.78 is 5.31. The molecule has 1 aliphatic heterocycles. The molecule has 3 rings (SSSR count). The van der Waals surface area contributed by atoms with Gasteiger partial charge >= 0.3 is 0 Å². The van der Waals surface area contributed by atoms with E-state index in [1.54, 1.807) is 0 Å². The standard InChI is InChI=1S/C19H23N3O3/c1-12-3-4-14-10-15(13(2)22-16(14)9-12)17(23)21-11-19(18(20)24)5-7-25-8-6-19/h3-4,9-10H,5-8,11H2,1-2H3,(H2,20,24)(H,21,23). The predicted octanol–water partition coefficient (Wildman–Crippen LogP) is 1.86. The van der Waals surface area contributed by atoms with E-state index in [4.69, 9.17) is 10.5 Å². The first-order chi connectivity index (χ1) is 11.9. The fraction of sp³-hybridized carbons (Fsp3) is 0.421. The minimum Gasteiger partial charge on any atom is -0.381 e. The number of nitrogens with two attached hydrogens (primary N) is 1. The van der Waals surface area contributed by atoms with Gasteiger partial charge in [-0.2, -0.15) is 0 Å². The quantitative estimate of drug-likeness (QED) is 0.887. The molecular formula is C19H23N3O3. The fourth-order valence-corrected chi connectivity index (χ4v) is 3.22. The molecule has 2 heterocycles. The van der Waals surface area contributed by atoms with Crippen LogP contribution >= 0.6 is 0 Å². The van der Waals surface area contributed by atoms with Crippen LogP contribution in [0.15, 0.2) is 24.3 Å². The van der Waals surface area contributed by atoms with Crippen molar-refractivity contribution in [1.29, 1.82) is 0 Å². The summed E-state index contributed by atoms with van der Waals surface area (Å²) in [6.07, 6.45) is 1.05. The average Bonchev–Trinajstić information content (AvgIpc) is 2.59. The molecule has 0 atom stereocenters. The highest BCUT2D eigenvalue weighted by Gasteiger charge is 2.38. The van der Waals surface area contributed by atoms with E-state index >= 15 is 0 Å². The number of hydrogen-bond donors (Lipinski definition) is 2. The number of primary amides is 1. The van der Waals surface area contributed by atoms with Gasteiger partial charge in [-0.15, -0.1) is 0 Å². The van der Waals surface area contributed by atoms with Gasteiger partial charge in [0, 0.05) is 25.1 Å². The summed E-state index contributed by atoms with van der Waals surface area (Å²) in [6.45, 7) is 5.00. The molecule has 1 aromatic heterocycles. The summed E-state index contributed by atoms with van der Waals surface area (Å²) in [5, 5.41) is 3.79. The van der Waals surface area contributed by atoms with Crippen LogP contribution in [-0.2, 0) is 9.53 Å². The Kier molecular flexibility index (Phi) is 4.72. The number of nitrogens with one attached hydrogen (secondary N) is 1. The van der Waals surface area contributed by atoms with Crippen molar-refractivity contribution < 1.29 is 14.3 Å². The van der Waals surface area contributed by atoms with Gasteiger partial charge in [-0.25, -0.2) is 0 Å². The van der Waals surface area contributed by atoms with Crippen molar-refractivity contribution in [2.45, 2.75) is 26.7 Å². The largest absolute Gasteiger partial charge is 0.381 e. The molecule has 0 bridgehead atoms. The molecule has 25 heavy (non-hydrogen) atoms. The number of pyridine rings is 1. The molecule has 6 heteroatoms. The van der Waals surface area contributed by atoms with E-state index in [0.29, 0.717) is 37.3 Å². The number of aryl methyl sites for hydroxylation is 2. The lowest BCUT2D eigenvalue weighted by atomic mass is 9.79. The Balaban J connectivity index is 1.81. The predicted molar refractivity (Wildman–Crippen MR) is 95.2 cm³/mol. The molecular weight excluding hydrogens is 318 g/mol. The van der Waals surface area contributed by atoms with E-state index in [2.05, 4.69) is 10.3 Å². The van der Waals surface area contributed by atoms with E-state index in [1.165, 1.54) is 0 Å². The number of benzene rings is 1. The molecule has 2 aromatic rings. The SMILES string of the molecule is Cc1ccc2cc(C(=O)NCC3(C(N)=O)CCOCC3)c(C)nc2c1. The lowest BCUT2D eigenvalue weighted by Gasteiger charge is -2.34. The third-order valence-corrected chi connectivity index (χ3v) is 4.97. The van der Waals surface area contributed by atoms with E-state index in [0.717, 1.165) is 16.5 Å². The van der Waals surface area contributed by atoms with Crippen molar-refractivity contribution in [3.05, 3.63) is 41.1 Å². The normalized spacial score (nSPS) is 16.6. The van der Waals surface area contributed by atoms with Crippen molar-refractivity contribution in [3.63, 3.8) is 0 Å². The first-order valence-corrected chi connectivity index (χ1v) is 8.45. The second-order valence-electron chi connectivity index (χ2n) is 6.76. The number of carbonyl (C=O) groups excluding carboxylic acids is 2. The molecule has 0 radical (unpaired) electrons. The maximum absolute atomic E-state index is 12.6. The first-order valence-electron chi connectivity index (χ1n) is 8.45. The number of hydrogen-bond acceptors (Lipinski definition) is 4. The maximum Gasteiger partial charge on any atom is 0.253 e. The van der Waals surface area contributed by atoms with Gasteiger partial charge in [0.1, 0.15) is 0 Å². The second kappa shape index (κ2) is 6.80. The van der Waals surface area contributed by atoms with Crippen LogP contribution in [0.1, 0.15) is 34.5 Å². The molecule has 1 fully saturated rings. The molecule has 0 saturated carbocycles. The van der Waals surface area contributed by atoms with Gasteiger partial charge in [0.05, 0.1) is 22.2 Å². The Bertz CT molecular complexity index is 826. The second-order valence-corrected chi connectivity index (χ2v) is 6.76. The molecule has 6 nitrogen and oxygen atoms in total. The zero-order valence-electron chi connectivity index (χ0n) is 14.6. The van der Waals surface area contributed by atoms with Crippen molar-refractivity contribution in [3.8, 4) is 0 Å². The van der Waals surface area contributed by atoms with Crippen LogP contribution in [0.2, 0.25) is 0 Å². The van der Waals surface area contributed by atoms with E-state index < -0.39 is 5.41 Å². The van der Waals surface area contributed by atoms with Gasteiger partial charge in [-0.05, 0) is 44.4 Å². The van der Waals surface area contributed by atoms with Crippen molar-refractivity contribution in [1.82, 2.24) is 10.3 Å². The summed E-state index contributed by atoms with van der Waals surface area (Å²) in [5.41, 5.74) is 8.03. The Morgan fingerprint density at radius 3 is 2.64 bits per heavy atom. The van der Waals surface area contributed by atoms with Gasteiger partial charge in [0.25, 0.3) is 5.91 Å². The Labute approximate surface area is 146 Å². The third-order valence-electron chi connectivity index (χ3n) is 4.97. The van der Waals surface area contributed by atoms with Crippen LogP contribution in [0.4, 0.5) is 0 Å². The molecule has 1 aromatic carbocycles. The molecule has 132 valence electrons. The molecule has 0 aliphatic carbocycles. The molecule has 1 aliphatic rings. The van der Waals surface area contributed by atoms with Gasteiger partial charge in [0.15, 0.2) is 0 Å². The molecule has 0 spiro atoms. The first kappa shape index (κ1) is 17.4. The maximum atomic E-state index is 12.6. The molecule has 1 saturated heterocycles. The zero-order chi connectivity index (χ0) is 18.0. The van der Waals surface area contributed by atoms with Crippen LogP contribution in [0, 0.1) is 19.3 Å². The Morgan fingerprint density at radius 1 is 1.24 bits per heavy atom. The number of aromatic nitrogens is 1. The summed E-state index contributed by atoms with van der Waals surface area (Å²) in [5.74, 6) is -0.625. The smallest absolute Gasteiger partial charge is 0.253 e. The number of ether oxygens (including phenoxy) is 1. The number of fused-ring (bicyclic) bond motifs is 1. The minimum absolute atomic E-state index is 0.218. The van der Waals surface area contributed by atoms with E-state index in [-0.39, 0.29) is 18.4 Å². The van der Waals surface area contributed by atoms with Crippen LogP contribution in [0.25, 0.3) is 10.9 Å². The topological polar surface area (TPSA) is 94.3 Å². The van der Waals surface area contributed by atoms with Crippen LogP contribution in [-0.4, -0.2) is 36.6 Å². The van der Waals surface area contributed by atoms with Crippen molar-refractivity contribution >= 4 is 22.7 Å². The van der Waals surface area contributed by atoms with Crippen LogP contribution in [0.5, 0.6) is 0 Å². The third kappa shape index (κ3) is 3.49. The number of rotatable bonds is 4. The van der Waals surface area contributed by atoms with Crippen LogP contribution < -0.4 is 11.1 Å². The monoisotopic (exact) mass is 341 g/mol. The van der Waals surface area contributed by atoms with Gasteiger partial charge < -0.3 is 15.8 Å². The number of carbonyl (C=O) groups is 2. The average molecular weight is 341 g/mol. The zero-order valence-corrected chi connectivity index (χ0v) is 14.6. The van der Waals surface area contributed by atoms with Crippen molar-refractivity contribution in [2.75, 3.05) is 19.8 Å². The molecule has 2 amide bonds. The highest BCUT2D eigenvalue weighted by molar-refractivity contribution is 5.99. The highest BCUT2D eigenvalue weighted by atomic mass is 16.5. The van der Waals surface area contributed by atoms with Crippen molar-refractivity contribution in [2.24, 2.45) is 11.1 Å². The minimum atomic E-state index is -0.733. The molecule has 0 unspecified atom stereocenters. The Hall–Kier alpha value is -2.47. The number of nitrogens with zero attached hydrogens (tertiary/aromatic N) is 1. The summed E-state index contributed by atoms with van der Waals surface area (Å²) in [4.78, 5) is 29.1. The lowest BCUT2D eigenvalue weighted by molar-refractivity contribution is -0.132. The van der Waals surface area contributed by atoms with Gasteiger partial charge in [-0.3, -0.25) is 14.6 Å². The number of amides is 2. The summed E-state index contributed by atoms with van der Waals surface area (Å²) in [7, 11) is 0. The highest BCUT2D eigenvalue weighted by Crippen LogP contribution is 2.29. The Morgan fingerprint density at radius 2 is 1.96 bits per heavy atom. The van der Waals surface area contributed by atoms with Gasteiger partial charge in [-0.1, -0.05) is 12.1 Å².